The van der Waals surface area contributed by atoms with Gasteiger partial charge in [-0.2, -0.15) is 0 Å². The van der Waals surface area contributed by atoms with E-state index in [1.807, 2.05) is 60.7 Å². The summed E-state index contributed by atoms with van der Waals surface area (Å²) in [5.74, 6) is 1.48. The van der Waals surface area contributed by atoms with E-state index in [0.29, 0.717) is 23.9 Å². The first kappa shape index (κ1) is 20.5. The van der Waals surface area contributed by atoms with Crippen LogP contribution in [0, 0.1) is 0 Å². The third kappa shape index (κ3) is 4.49. The Labute approximate surface area is 165 Å². The Morgan fingerprint density at radius 3 is 1.96 bits per heavy atom. The van der Waals surface area contributed by atoms with Crippen LogP contribution in [-0.4, -0.2) is 29.7 Å². The number of furan rings is 1. The van der Waals surface area contributed by atoms with E-state index in [-0.39, 0.29) is 19.0 Å². The number of hydrogen-bond acceptors (Lipinski definition) is 3. The highest BCUT2D eigenvalue weighted by atomic mass is 35.5. The first-order valence-electron chi connectivity index (χ1n) is 8.49. The molecule has 1 N–H and O–H groups in total. The summed E-state index contributed by atoms with van der Waals surface area (Å²) in [6, 6.07) is 19.9. The van der Waals surface area contributed by atoms with Crippen LogP contribution >= 0.6 is 24.0 Å². The molecule has 0 bridgehead atoms. The van der Waals surface area contributed by atoms with Gasteiger partial charge in [-0.25, -0.2) is 0 Å². The normalized spacial score (nSPS) is 10.8. The van der Waals surface area contributed by atoms with Crippen LogP contribution in [0.3, 0.4) is 0 Å². The highest BCUT2D eigenvalue weighted by Crippen LogP contribution is 2.41. The van der Waals surface area contributed by atoms with Crippen LogP contribution in [0.5, 0.6) is 0 Å². The van der Waals surface area contributed by atoms with Gasteiger partial charge in [0.1, 0.15) is 5.76 Å². The van der Waals surface area contributed by atoms with Crippen LogP contribution < -0.4 is 0 Å². The summed E-state index contributed by atoms with van der Waals surface area (Å²) in [7, 11) is 0. The van der Waals surface area contributed by atoms with Crippen molar-refractivity contribution in [3.8, 4) is 22.6 Å². The van der Waals surface area contributed by atoms with Crippen LogP contribution in [0.2, 0.25) is 5.02 Å². The second kappa shape index (κ2) is 9.79. The highest BCUT2D eigenvalue weighted by Gasteiger charge is 2.22. The average molecular weight is 392 g/mol. The molecule has 138 valence electrons. The molecule has 3 nitrogen and oxygen atoms in total. The maximum atomic E-state index is 9.29. The Kier molecular flexibility index (Phi) is 7.73. The summed E-state index contributed by atoms with van der Waals surface area (Å²) < 4.78 is 6.22. The number of aliphatic hydroxyl groups is 1. The zero-order valence-electron chi connectivity index (χ0n) is 14.7. The predicted octanol–water partition coefficient (Wildman–Crippen LogP) is 5.50. The quantitative estimate of drug-likeness (QED) is 0.577. The van der Waals surface area contributed by atoms with Gasteiger partial charge in [0.05, 0.1) is 11.6 Å². The lowest BCUT2D eigenvalue weighted by molar-refractivity contribution is 0.197. The maximum absolute atomic E-state index is 9.29. The summed E-state index contributed by atoms with van der Waals surface area (Å²) in [6.45, 7) is 4.26. The Morgan fingerprint density at radius 2 is 1.46 bits per heavy atom. The second-order valence-electron chi connectivity index (χ2n) is 5.88. The Balaban J connectivity index is 0.00000243. The Bertz CT molecular complexity index is 804. The molecule has 3 aromatic rings. The lowest BCUT2D eigenvalue weighted by Gasteiger charge is -2.19. The van der Waals surface area contributed by atoms with E-state index in [0.717, 1.165) is 29.0 Å². The summed E-state index contributed by atoms with van der Waals surface area (Å²) in [5, 5.41) is 9.93. The van der Waals surface area contributed by atoms with Gasteiger partial charge in [0, 0.05) is 29.8 Å². The van der Waals surface area contributed by atoms with E-state index < -0.39 is 0 Å². The number of halogens is 2. The molecule has 0 atom stereocenters. The third-order valence-electron chi connectivity index (χ3n) is 4.26. The summed E-state index contributed by atoms with van der Waals surface area (Å²) in [4.78, 5) is 2.15. The van der Waals surface area contributed by atoms with Gasteiger partial charge in [0.25, 0.3) is 0 Å². The molecule has 0 saturated carbocycles. The van der Waals surface area contributed by atoms with Crippen molar-refractivity contribution in [3.63, 3.8) is 0 Å². The molecule has 1 heterocycles. The SMILES string of the molecule is CCN(CCO)Cc1c(-c2ccccc2)oc(-c2ccccc2)c1Cl.Cl. The molecule has 0 aliphatic carbocycles. The smallest absolute Gasteiger partial charge is 0.153 e. The van der Waals surface area contributed by atoms with E-state index in [9.17, 15) is 5.11 Å². The van der Waals surface area contributed by atoms with Gasteiger partial charge in [0.15, 0.2) is 5.76 Å². The van der Waals surface area contributed by atoms with Crippen molar-refractivity contribution in [3.05, 3.63) is 71.2 Å². The summed E-state index contributed by atoms with van der Waals surface area (Å²) >= 11 is 6.73. The largest absolute Gasteiger partial charge is 0.454 e. The van der Waals surface area contributed by atoms with Crippen molar-refractivity contribution in [2.45, 2.75) is 13.5 Å². The first-order valence-corrected chi connectivity index (χ1v) is 8.87. The molecule has 0 spiro atoms. The monoisotopic (exact) mass is 391 g/mol. The zero-order chi connectivity index (χ0) is 17.6. The van der Waals surface area contributed by atoms with Gasteiger partial charge < -0.3 is 9.52 Å². The molecule has 26 heavy (non-hydrogen) atoms. The van der Waals surface area contributed by atoms with E-state index in [1.54, 1.807) is 0 Å². The number of benzene rings is 2. The molecule has 0 aliphatic heterocycles. The fraction of sp³-hybridized carbons (Fsp3) is 0.238. The third-order valence-corrected chi connectivity index (χ3v) is 4.66. The van der Waals surface area contributed by atoms with Gasteiger partial charge in [-0.3, -0.25) is 4.90 Å². The molecule has 3 rings (SSSR count). The van der Waals surface area contributed by atoms with Gasteiger partial charge in [-0.05, 0) is 6.54 Å². The fourth-order valence-corrected chi connectivity index (χ4v) is 3.19. The van der Waals surface area contributed by atoms with Crippen LogP contribution in [0.4, 0.5) is 0 Å². The van der Waals surface area contributed by atoms with Crippen LogP contribution in [0.1, 0.15) is 12.5 Å². The number of aliphatic hydroxyl groups excluding tert-OH is 1. The Hall–Kier alpha value is -1.78. The van der Waals surface area contributed by atoms with E-state index >= 15 is 0 Å². The summed E-state index contributed by atoms with van der Waals surface area (Å²) in [6.07, 6.45) is 0. The number of nitrogens with zero attached hydrogens (tertiary/aromatic N) is 1. The molecule has 0 fully saturated rings. The van der Waals surface area contributed by atoms with Gasteiger partial charge in [-0.15, -0.1) is 12.4 Å². The van der Waals surface area contributed by atoms with Crippen LogP contribution in [-0.2, 0) is 6.54 Å². The Morgan fingerprint density at radius 1 is 0.923 bits per heavy atom. The molecule has 0 aliphatic rings. The molecule has 0 saturated heterocycles. The van der Waals surface area contributed by atoms with Crippen molar-refractivity contribution in [1.29, 1.82) is 0 Å². The van der Waals surface area contributed by atoms with Gasteiger partial charge in [-0.1, -0.05) is 79.2 Å². The molecular weight excluding hydrogens is 369 g/mol. The average Bonchev–Trinajstić information content (AvgIpc) is 2.99. The second-order valence-corrected chi connectivity index (χ2v) is 6.26. The molecular formula is C21H23Cl2NO2. The lowest BCUT2D eigenvalue weighted by atomic mass is 10.1. The van der Waals surface area contributed by atoms with Crippen LogP contribution in [0.15, 0.2) is 65.1 Å². The molecule has 0 unspecified atom stereocenters. The predicted molar refractivity (Wildman–Crippen MR) is 110 cm³/mol. The van der Waals surface area contributed by atoms with Crippen LogP contribution in [0.25, 0.3) is 22.6 Å². The topological polar surface area (TPSA) is 36.6 Å². The standard InChI is InChI=1S/C21H22ClNO2.ClH/c1-2-23(13-14-24)15-18-19(22)21(17-11-7-4-8-12-17)25-20(18)16-9-5-3-6-10-16;/h3-12,24H,2,13-15H2,1H3;1H. The fourth-order valence-electron chi connectivity index (χ4n) is 2.90. The van der Waals surface area contributed by atoms with Gasteiger partial charge in [0.2, 0.25) is 0 Å². The van der Waals surface area contributed by atoms with Crippen molar-refractivity contribution in [2.24, 2.45) is 0 Å². The number of hydrogen-bond donors (Lipinski definition) is 1. The highest BCUT2D eigenvalue weighted by molar-refractivity contribution is 6.34. The molecule has 2 aromatic carbocycles. The van der Waals surface area contributed by atoms with Crippen molar-refractivity contribution in [2.75, 3.05) is 19.7 Å². The maximum Gasteiger partial charge on any atom is 0.153 e. The molecule has 1 aromatic heterocycles. The van der Waals surface area contributed by atoms with Crippen molar-refractivity contribution in [1.82, 2.24) is 4.90 Å². The summed E-state index contributed by atoms with van der Waals surface area (Å²) in [5.41, 5.74) is 2.92. The first-order chi connectivity index (χ1) is 12.2. The number of likely N-dealkylation sites (N-methyl/N-ethyl adjacent to an activating group) is 1. The lowest BCUT2D eigenvalue weighted by Crippen LogP contribution is -2.26. The van der Waals surface area contributed by atoms with E-state index in [4.69, 9.17) is 16.0 Å². The van der Waals surface area contributed by atoms with E-state index in [2.05, 4.69) is 11.8 Å². The van der Waals surface area contributed by atoms with Gasteiger partial charge >= 0.3 is 0 Å². The van der Waals surface area contributed by atoms with E-state index in [1.165, 1.54) is 0 Å². The number of rotatable bonds is 7. The minimum absolute atomic E-state index is 0. The van der Waals surface area contributed by atoms with Crippen molar-refractivity contribution >= 4 is 24.0 Å². The minimum Gasteiger partial charge on any atom is -0.454 e. The molecule has 5 heteroatoms. The molecule has 0 amide bonds. The molecule has 0 radical (unpaired) electrons. The zero-order valence-corrected chi connectivity index (χ0v) is 16.3. The minimum atomic E-state index is 0. The van der Waals surface area contributed by atoms with Crippen molar-refractivity contribution < 1.29 is 9.52 Å².